The second-order valence-corrected chi connectivity index (χ2v) is 6.80. The van der Waals surface area contributed by atoms with Crippen LogP contribution in [0.25, 0.3) is 0 Å². The number of carbonyl (C=O) groups is 2. The van der Waals surface area contributed by atoms with Crippen molar-refractivity contribution in [2.24, 2.45) is 5.92 Å². The molecule has 0 spiro atoms. The predicted molar refractivity (Wildman–Crippen MR) is 99.9 cm³/mol. The predicted octanol–water partition coefficient (Wildman–Crippen LogP) is 3.66. The highest BCUT2D eigenvalue weighted by molar-refractivity contribution is 6.31. The molecular formula is C19H20ClN3O2. The van der Waals surface area contributed by atoms with Crippen molar-refractivity contribution >= 4 is 34.8 Å². The lowest BCUT2D eigenvalue weighted by molar-refractivity contribution is -0.117. The zero-order valence-corrected chi connectivity index (χ0v) is 14.9. The van der Waals surface area contributed by atoms with Gasteiger partial charge in [-0.3, -0.25) is 9.59 Å². The van der Waals surface area contributed by atoms with Crippen molar-refractivity contribution < 1.29 is 9.59 Å². The molecule has 1 aliphatic rings. The van der Waals surface area contributed by atoms with Crippen LogP contribution in [0.1, 0.15) is 29.8 Å². The first-order chi connectivity index (χ1) is 12.0. The highest BCUT2D eigenvalue weighted by Gasteiger charge is 2.28. The third kappa shape index (κ3) is 3.77. The highest BCUT2D eigenvalue weighted by atomic mass is 35.5. The Morgan fingerprint density at radius 1 is 1.20 bits per heavy atom. The number of amides is 2. The van der Waals surface area contributed by atoms with Gasteiger partial charge < -0.3 is 16.0 Å². The Morgan fingerprint density at radius 3 is 2.68 bits per heavy atom. The van der Waals surface area contributed by atoms with Crippen LogP contribution in [0.5, 0.6) is 0 Å². The fraction of sp³-hybridized carbons (Fsp3) is 0.263. The van der Waals surface area contributed by atoms with Crippen molar-refractivity contribution in [2.45, 2.75) is 26.4 Å². The average molecular weight is 358 g/mol. The minimum absolute atomic E-state index is 0.0869. The molecule has 0 saturated heterocycles. The van der Waals surface area contributed by atoms with E-state index in [2.05, 4.69) is 16.0 Å². The van der Waals surface area contributed by atoms with Gasteiger partial charge in [-0.15, -0.1) is 0 Å². The van der Waals surface area contributed by atoms with Gasteiger partial charge in [0.15, 0.2) is 0 Å². The Bertz CT molecular complexity index is 820. The van der Waals surface area contributed by atoms with Crippen LogP contribution in [-0.2, 0) is 11.3 Å². The van der Waals surface area contributed by atoms with Gasteiger partial charge in [0.25, 0.3) is 5.91 Å². The fourth-order valence-electron chi connectivity index (χ4n) is 2.75. The van der Waals surface area contributed by atoms with E-state index in [9.17, 15) is 9.59 Å². The largest absolute Gasteiger partial charge is 0.372 e. The van der Waals surface area contributed by atoms with Crippen molar-refractivity contribution in [2.75, 3.05) is 10.6 Å². The zero-order chi connectivity index (χ0) is 18.0. The quantitative estimate of drug-likeness (QED) is 0.782. The average Bonchev–Trinajstić information content (AvgIpc) is 2.59. The van der Waals surface area contributed by atoms with Gasteiger partial charge in [0.2, 0.25) is 5.91 Å². The molecule has 0 radical (unpaired) electrons. The van der Waals surface area contributed by atoms with E-state index in [1.807, 2.05) is 38.1 Å². The van der Waals surface area contributed by atoms with Crippen molar-refractivity contribution in [3.05, 3.63) is 58.6 Å². The number of nitrogens with one attached hydrogen (secondary N) is 3. The summed E-state index contributed by atoms with van der Waals surface area (Å²) in [5, 5.41) is 9.54. The maximum Gasteiger partial charge on any atom is 0.251 e. The topological polar surface area (TPSA) is 70.2 Å². The fourth-order valence-corrected chi connectivity index (χ4v) is 2.95. The molecule has 2 aromatic rings. The molecule has 1 aliphatic heterocycles. The number of fused-ring (bicyclic) bond motifs is 1. The summed E-state index contributed by atoms with van der Waals surface area (Å²) in [5.74, 6) is -0.133. The van der Waals surface area contributed by atoms with Crippen molar-refractivity contribution in [3.63, 3.8) is 0 Å². The lowest BCUT2D eigenvalue weighted by atomic mass is 9.99. The molecule has 6 heteroatoms. The van der Waals surface area contributed by atoms with Crippen LogP contribution >= 0.6 is 11.6 Å². The second-order valence-electron chi connectivity index (χ2n) is 6.39. The summed E-state index contributed by atoms with van der Waals surface area (Å²) < 4.78 is 0. The summed E-state index contributed by atoms with van der Waals surface area (Å²) in [4.78, 5) is 24.5. The Labute approximate surface area is 151 Å². The van der Waals surface area contributed by atoms with Crippen LogP contribution in [0, 0.1) is 5.92 Å². The summed E-state index contributed by atoms with van der Waals surface area (Å²) in [6, 6.07) is 12.3. The molecule has 3 N–H and O–H groups in total. The first kappa shape index (κ1) is 17.3. The standard InChI is InChI=1S/C19H20ClN3O2/c1-11(2)17-19(25)23-16-9-12(7-8-15(16)22-17)18(24)21-10-13-5-3-4-6-14(13)20/h3-9,11,17,22H,10H2,1-2H3,(H,21,24)(H,23,25)/t17-/m1/s1. The normalized spacial score (nSPS) is 16.0. The molecule has 0 fully saturated rings. The molecule has 0 unspecified atom stereocenters. The first-order valence-electron chi connectivity index (χ1n) is 8.19. The smallest absolute Gasteiger partial charge is 0.251 e. The molecule has 0 aliphatic carbocycles. The third-order valence-electron chi connectivity index (χ3n) is 4.20. The van der Waals surface area contributed by atoms with Gasteiger partial charge in [0, 0.05) is 17.1 Å². The minimum Gasteiger partial charge on any atom is -0.372 e. The van der Waals surface area contributed by atoms with Crippen molar-refractivity contribution in [1.29, 1.82) is 0 Å². The zero-order valence-electron chi connectivity index (χ0n) is 14.1. The van der Waals surface area contributed by atoms with Gasteiger partial charge in [-0.05, 0) is 35.7 Å². The molecule has 1 atom stereocenters. The lowest BCUT2D eigenvalue weighted by Crippen LogP contribution is -2.42. The molecule has 1 heterocycles. The van der Waals surface area contributed by atoms with Crippen molar-refractivity contribution in [3.8, 4) is 0 Å². The van der Waals surface area contributed by atoms with Gasteiger partial charge in [-0.2, -0.15) is 0 Å². The number of carbonyl (C=O) groups excluding carboxylic acids is 2. The summed E-state index contributed by atoms with van der Waals surface area (Å²) in [5.41, 5.74) is 2.77. The van der Waals surface area contributed by atoms with E-state index in [0.29, 0.717) is 22.8 Å². The summed E-state index contributed by atoms with van der Waals surface area (Å²) in [6.45, 7) is 4.31. The van der Waals surface area contributed by atoms with Crippen LogP contribution in [-0.4, -0.2) is 17.9 Å². The molecule has 25 heavy (non-hydrogen) atoms. The third-order valence-corrected chi connectivity index (χ3v) is 4.57. The first-order valence-corrected chi connectivity index (χ1v) is 8.56. The van der Waals surface area contributed by atoms with Gasteiger partial charge in [-0.1, -0.05) is 43.6 Å². The number of hydrogen-bond donors (Lipinski definition) is 3. The van der Waals surface area contributed by atoms with Crippen LogP contribution in [0.15, 0.2) is 42.5 Å². The molecule has 5 nitrogen and oxygen atoms in total. The number of halogens is 1. The maximum atomic E-state index is 12.4. The van der Waals surface area contributed by atoms with Crippen molar-refractivity contribution in [1.82, 2.24) is 5.32 Å². The van der Waals surface area contributed by atoms with Gasteiger partial charge in [0.1, 0.15) is 6.04 Å². The summed E-state index contributed by atoms with van der Waals surface area (Å²) in [7, 11) is 0. The summed E-state index contributed by atoms with van der Waals surface area (Å²) >= 11 is 6.10. The molecule has 130 valence electrons. The Hall–Kier alpha value is -2.53. The molecule has 2 amide bonds. The Kier molecular flexibility index (Phi) is 4.95. The monoisotopic (exact) mass is 357 g/mol. The SMILES string of the molecule is CC(C)[C@H]1Nc2ccc(C(=O)NCc3ccccc3Cl)cc2NC1=O. The molecule has 2 aromatic carbocycles. The lowest BCUT2D eigenvalue weighted by Gasteiger charge is -2.29. The highest BCUT2D eigenvalue weighted by Crippen LogP contribution is 2.29. The van der Waals surface area contributed by atoms with Gasteiger partial charge in [-0.25, -0.2) is 0 Å². The van der Waals surface area contributed by atoms with Gasteiger partial charge >= 0.3 is 0 Å². The maximum absolute atomic E-state index is 12.4. The van der Waals surface area contributed by atoms with Crippen LogP contribution in [0.4, 0.5) is 11.4 Å². The minimum atomic E-state index is -0.271. The van der Waals surface area contributed by atoms with Gasteiger partial charge in [0.05, 0.1) is 11.4 Å². The molecule has 3 rings (SSSR count). The van der Waals surface area contributed by atoms with E-state index < -0.39 is 0 Å². The molecule has 0 bridgehead atoms. The van der Waals surface area contributed by atoms with E-state index in [1.165, 1.54) is 0 Å². The molecular weight excluding hydrogens is 338 g/mol. The second kappa shape index (κ2) is 7.15. The van der Waals surface area contributed by atoms with E-state index in [1.54, 1.807) is 18.2 Å². The number of hydrogen-bond acceptors (Lipinski definition) is 3. The molecule has 0 aromatic heterocycles. The molecule has 0 saturated carbocycles. The van der Waals surface area contributed by atoms with E-state index in [0.717, 1.165) is 11.3 Å². The Morgan fingerprint density at radius 2 is 1.96 bits per heavy atom. The van der Waals surface area contributed by atoms with Crippen LogP contribution in [0.2, 0.25) is 5.02 Å². The van der Waals surface area contributed by atoms with Crippen LogP contribution in [0.3, 0.4) is 0 Å². The summed E-state index contributed by atoms with van der Waals surface area (Å²) in [6.07, 6.45) is 0. The van der Waals surface area contributed by atoms with E-state index >= 15 is 0 Å². The number of anilines is 2. The number of rotatable bonds is 4. The number of benzene rings is 2. The van der Waals surface area contributed by atoms with E-state index in [4.69, 9.17) is 11.6 Å². The van der Waals surface area contributed by atoms with E-state index in [-0.39, 0.29) is 23.8 Å². The Balaban J connectivity index is 1.72. The van der Waals surface area contributed by atoms with Crippen LogP contribution < -0.4 is 16.0 Å².